The van der Waals surface area contributed by atoms with Crippen molar-refractivity contribution in [3.63, 3.8) is 0 Å². The van der Waals surface area contributed by atoms with Crippen LogP contribution in [0.25, 0.3) is 0 Å². The Bertz CT molecular complexity index is 214. The number of nitrogens with zero attached hydrogens (tertiary/aromatic N) is 2. The molecule has 0 spiro atoms. The van der Waals surface area contributed by atoms with Crippen LogP contribution in [0.15, 0.2) is 0 Å². The predicted molar refractivity (Wildman–Crippen MR) is 65.2 cm³/mol. The first-order chi connectivity index (χ1) is 7.71. The smallest absolute Gasteiger partial charge is 0.221 e. The van der Waals surface area contributed by atoms with Crippen LogP contribution >= 0.6 is 0 Å². The molecule has 0 saturated carbocycles. The van der Waals surface area contributed by atoms with Crippen LogP contribution in [0, 0.1) is 0 Å². The average molecular weight is 228 g/mol. The summed E-state index contributed by atoms with van der Waals surface area (Å²) in [5.41, 5.74) is 5.74. The maximum atomic E-state index is 11.3. The third-order valence-corrected chi connectivity index (χ3v) is 3.34. The van der Waals surface area contributed by atoms with Gasteiger partial charge in [-0.05, 0) is 6.54 Å². The molecule has 0 radical (unpaired) electrons. The van der Waals surface area contributed by atoms with Crippen LogP contribution in [0.4, 0.5) is 0 Å². The zero-order valence-electron chi connectivity index (χ0n) is 10.4. The molecule has 1 unspecified atom stereocenters. The molecule has 1 atom stereocenters. The summed E-state index contributed by atoms with van der Waals surface area (Å²) in [6.07, 6.45) is 0.513. The maximum Gasteiger partial charge on any atom is 0.221 e. The third-order valence-electron chi connectivity index (χ3n) is 3.34. The third kappa shape index (κ3) is 3.73. The minimum atomic E-state index is 0.0772. The van der Waals surface area contributed by atoms with E-state index >= 15 is 0 Å². The second kappa shape index (κ2) is 6.83. The molecular weight excluding hydrogens is 204 g/mol. The molecule has 1 saturated heterocycles. The number of nitrogens with two attached hydrogens (primary N) is 1. The largest absolute Gasteiger partial charge is 0.359 e. The number of carbonyl (C=O) groups excluding carboxylic acids is 1. The van der Waals surface area contributed by atoms with Crippen molar-refractivity contribution in [1.29, 1.82) is 0 Å². The van der Waals surface area contributed by atoms with Gasteiger partial charge in [0.2, 0.25) is 5.91 Å². The summed E-state index contributed by atoms with van der Waals surface area (Å²) in [5.74, 6) is 0.0772. The summed E-state index contributed by atoms with van der Waals surface area (Å²) in [6.45, 7) is 8.05. The summed E-state index contributed by atoms with van der Waals surface area (Å²) in [4.78, 5) is 16.1. The van der Waals surface area contributed by atoms with E-state index in [1.807, 2.05) is 0 Å². The molecule has 5 nitrogen and oxygen atoms in total. The normalized spacial score (nSPS) is 20.7. The highest BCUT2D eigenvalue weighted by Crippen LogP contribution is 2.08. The quantitative estimate of drug-likeness (QED) is 0.639. The first kappa shape index (κ1) is 13.4. The van der Waals surface area contributed by atoms with Crippen molar-refractivity contribution in [2.75, 3.05) is 46.3 Å². The zero-order chi connectivity index (χ0) is 12.0. The monoisotopic (exact) mass is 228 g/mol. The summed E-state index contributed by atoms with van der Waals surface area (Å²) in [7, 11) is 1.67. The molecule has 0 aromatic carbocycles. The number of nitrogens with one attached hydrogen (secondary N) is 1. The lowest BCUT2D eigenvalue weighted by atomic mass is 10.1. The molecule has 1 rings (SSSR count). The number of likely N-dealkylation sites (N-methyl/N-ethyl adjacent to an activating group) is 1. The van der Waals surface area contributed by atoms with Gasteiger partial charge in [0.1, 0.15) is 0 Å². The van der Waals surface area contributed by atoms with E-state index in [0.29, 0.717) is 13.0 Å². The molecular formula is C11H24N4O. The van der Waals surface area contributed by atoms with E-state index in [2.05, 4.69) is 22.0 Å². The van der Waals surface area contributed by atoms with Crippen LogP contribution in [0.5, 0.6) is 0 Å². The minimum Gasteiger partial charge on any atom is -0.359 e. The van der Waals surface area contributed by atoms with E-state index in [1.54, 1.807) is 7.05 Å². The van der Waals surface area contributed by atoms with Gasteiger partial charge in [0.15, 0.2) is 0 Å². The Morgan fingerprint density at radius 2 is 2.00 bits per heavy atom. The Morgan fingerprint density at radius 3 is 2.44 bits per heavy atom. The molecule has 94 valence electrons. The SMILES string of the molecule is CCN1CCN(C(CN)CC(=O)NC)CC1. The van der Waals surface area contributed by atoms with E-state index in [9.17, 15) is 4.79 Å². The van der Waals surface area contributed by atoms with Gasteiger partial charge in [0.05, 0.1) is 0 Å². The number of piperazine rings is 1. The maximum absolute atomic E-state index is 11.3. The highest BCUT2D eigenvalue weighted by atomic mass is 16.1. The van der Waals surface area contributed by atoms with E-state index in [1.165, 1.54) is 0 Å². The zero-order valence-corrected chi connectivity index (χ0v) is 10.4. The molecule has 0 aliphatic carbocycles. The molecule has 0 bridgehead atoms. The topological polar surface area (TPSA) is 61.6 Å². The van der Waals surface area contributed by atoms with Crippen LogP contribution in [0.3, 0.4) is 0 Å². The molecule has 16 heavy (non-hydrogen) atoms. The molecule has 3 N–H and O–H groups in total. The second-order valence-electron chi connectivity index (χ2n) is 4.24. The standard InChI is InChI=1S/C11H24N4O/c1-3-14-4-6-15(7-5-14)10(9-12)8-11(16)13-2/h10H,3-9,12H2,1-2H3,(H,13,16). The lowest BCUT2D eigenvalue weighted by Crippen LogP contribution is -2.53. The lowest BCUT2D eigenvalue weighted by Gasteiger charge is -2.38. The molecule has 0 aromatic heterocycles. The highest BCUT2D eigenvalue weighted by Gasteiger charge is 2.23. The van der Waals surface area contributed by atoms with Gasteiger partial charge in [-0.15, -0.1) is 0 Å². The number of hydrogen-bond donors (Lipinski definition) is 2. The summed E-state index contributed by atoms with van der Waals surface area (Å²) in [6, 6.07) is 0.193. The van der Waals surface area contributed by atoms with Crippen LogP contribution < -0.4 is 11.1 Å². The van der Waals surface area contributed by atoms with E-state index in [-0.39, 0.29) is 11.9 Å². The Morgan fingerprint density at radius 1 is 1.38 bits per heavy atom. The van der Waals surface area contributed by atoms with Crippen molar-refractivity contribution >= 4 is 5.91 Å². The number of rotatable bonds is 5. The average Bonchev–Trinajstić information content (AvgIpc) is 2.35. The van der Waals surface area contributed by atoms with Crippen LogP contribution in [0.1, 0.15) is 13.3 Å². The van der Waals surface area contributed by atoms with Gasteiger partial charge in [0, 0.05) is 52.2 Å². The molecule has 0 aromatic rings. The molecule has 1 amide bonds. The number of hydrogen-bond acceptors (Lipinski definition) is 4. The first-order valence-electron chi connectivity index (χ1n) is 6.08. The van der Waals surface area contributed by atoms with Gasteiger partial charge in [-0.25, -0.2) is 0 Å². The van der Waals surface area contributed by atoms with Crippen molar-refractivity contribution in [3.8, 4) is 0 Å². The van der Waals surface area contributed by atoms with E-state index in [0.717, 1.165) is 32.7 Å². The lowest BCUT2D eigenvalue weighted by molar-refractivity contribution is -0.122. The Balaban J connectivity index is 2.39. The van der Waals surface area contributed by atoms with E-state index in [4.69, 9.17) is 5.73 Å². The van der Waals surface area contributed by atoms with Crippen molar-refractivity contribution in [1.82, 2.24) is 15.1 Å². The second-order valence-corrected chi connectivity index (χ2v) is 4.24. The number of amides is 1. The summed E-state index contributed by atoms with van der Waals surface area (Å²) < 4.78 is 0. The summed E-state index contributed by atoms with van der Waals surface area (Å²) >= 11 is 0. The van der Waals surface area contributed by atoms with Gasteiger partial charge in [-0.2, -0.15) is 0 Å². The Kier molecular flexibility index (Phi) is 5.73. The molecule has 1 aliphatic rings. The molecule has 1 aliphatic heterocycles. The fourth-order valence-electron chi connectivity index (χ4n) is 2.12. The van der Waals surface area contributed by atoms with Gasteiger partial charge in [-0.3, -0.25) is 9.69 Å². The minimum absolute atomic E-state index is 0.0772. The van der Waals surface area contributed by atoms with Gasteiger partial charge in [-0.1, -0.05) is 6.92 Å². The van der Waals surface area contributed by atoms with E-state index < -0.39 is 0 Å². The molecule has 1 heterocycles. The molecule has 1 fully saturated rings. The number of carbonyl (C=O) groups is 1. The Hall–Kier alpha value is -0.650. The van der Waals surface area contributed by atoms with Crippen molar-refractivity contribution in [3.05, 3.63) is 0 Å². The van der Waals surface area contributed by atoms with Crippen molar-refractivity contribution < 1.29 is 4.79 Å². The van der Waals surface area contributed by atoms with Gasteiger partial charge in [0.25, 0.3) is 0 Å². The first-order valence-corrected chi connectivity index (χ1v) is 6.08. The molecule has 5 heteroatoms. The Labute approximate surface area is 98.0 Å². The van der Waals surface area contributed by atoms with Crippen molar-refractivity contribution in [2.45, 2.75) is 19.4 Å². The highest BCUT2D eigenvalue weighted by molar-refractivity contribution is 5.76. The fourth-order valence-corrected chi connectivity index (χ4v) is 2.12. The summed E-state index contributed by atoms with van der Waals surface area (Å²) in [5, 5.41) is 2.66. The predicted octanol–water partition coefficient (Wildman–Crippen LogP) is -0.913. The van der Waals surface area contributed by atoms with Crippen LogP contribution in [-0.2, 0) is 4.79 Å². The van der Waals surface area contributed by atoms with Gasteiger partial charge < -0.3 is 16.0 Å². The van der Waals surface area contributed by atoms with Crippen molar-refractivity contribution in [2.24, 2.45) is 5.73 Å². The fraction of sp³-hybridized carbons (Fsp3) is 0.909. The van der Waals surface area contributed by atoms with Crippen LogP contribution in [0.2, 0.25) is 0 Å². The van der Waals surface area contributed by atoms with Crippen LogP contribution in [-0.4, -0.2) is 68.1 Å². The van der Waals surface area contributed by atoms with Gasteiger partial charge >= 0.3 is 0 Å².